The fourth-order valence-electron chi connectivity index (χ4n) is 3.92. The van der Waals surface area contributed by atoms with Crippen molar-refractivity contribution in [3.8, 4) is 5.75 Å². The van der Waals surface area contributed by atoms with E-state index >= 15 is 0 Å². The Morgan fingerprint density at radius 1 is 1.24 bits per heavy atom. The number of rotatable bonds is 4. The fraction of sp³-hybridized carbons (Fsp3) is 0.421. The molecule has 0 aliphatic carbocycles. The van der Waals surface area contributed by atoms with Gasteiger partial charge in [-0.2, -0.15) is 4.31 Å². The quantitative estimate of drug-likeness (QED) is 0.706. The Kier molecular flexibility index (Phi) is 5.60. The molecule has 0 bridgehead atoms. The largest absolute Gasteiger partial charge is 0.496 e. The van der Waals surface area contributed by atoms with Gasteiger partial charge in [-0.25, -0.2) is 8.42 Å². The lowest BCUT2D eigenvalue weighted by atomic mass is 9.99. The average molecular weight is 457 g/mol. The van der Waals surface area contributed by atoms with Gasteiger partial charge in [0.25, 0.3) is 15.9 Å². The number of hydrogen-bond acceptors (Lipinski definition) is 6. The van der Waals surface area contributed by atoms with E-state index in [1.165, 1.54) is 22.8 Å². The van der Waals surface area contributed by atoms with E-state index in [2.05, 4.69) is 0 Å². The molecule has 0 atom stereocenters. The molecule has 7 nitrogen and oxygen atoms in total. The number of ether oxygens (including phenoxy) is 2. The molecule has 2 aliphatic rings. The molecule has 10 heteroatoms. The van der Waals surface area contributed by atoms with Crippen LogP contribution in [-0.2, 0) is 14.8 Å². The number of likely N-dealkylation sites (tertiary alicyclic amines) is 1. The number of thiophene rings is 1. The maximum absolute atomic E-state index is 13.1. The van der Waals surface area contributed by atoms with Gasteiger partial charge in [0.05, 0.1) is 19.3 Å². The molecule has 0 radical (unpaired) electrons. The van der Waals surface area contributed by atoms with Crippen molar-refractivity contribution in [2.75, 3.05) is 33.4 Å². The summed E-state index contributed by atoms with van der Waals surface area (Å²) in [7, 11) is -2.12. The van der Waals surface area contributed by atoms with Crippen LogP contribution in [0.2, 0.25) is 5.02 Å². The van der Waals surface area contributed by atoms with Crippen molar-refractivity contribution in [3.63, 3.8) is 0 Å². The van der Waals surface area contributed by atoms with Gasteiger partial charge in [0, 0.05) is 37.5 Å². The fourth-order valence-corrected chi connectivity index (χ4v) is 6.92. The molecule has 1 aromatic carbocycles. The first kappa shape index (κ1) is 20.6. The van der Waals surface area contributed by atoms with Crippen molar-refractivity contribution in [3.05, 3.63) is 46.3 Å². The number of piperidine rings is 1. The Morgan fingerprint density at radius 3 is 2.66 bits per heavy atom. The summed E-state index contributed by atoms with van der Waals surface area (Å²) < 4.78 is 39.2. The molecule has 3 heterocycles. The molecule has 1 aromatic heterocycles. The van der Waals surface area contributed by atoms with Crippen LogP contribution in [0.4, 0.5) is 0 Å². The third-order valence-electron chi connectivity index (χ3n) is 5.38. The molecule has 2 fully saturated rings. The number of halogens is 1. The molecular weight excluding hydrogens is 436 g/mol. The number of methoxy groups -OCH3 is 1. The van der Waals surface area contributed by atoms with Gasteiger partial charge in [-0.3, -0.25) is 4.79 Å². The first-order chi connectivity index (χ1) is 13.9. The summed E-state index contributed by atoms with van der Waals surface area (Å²) in [4.78, 5) is 14.7. The number of hydrogen-bond donors (Lipinski definition) is 0. The average Bonchev–Trinajstić information content (AvgIpc) is 3.39. The van der Waals surface area contributed by atoms with Gasteiger partial charge >= 0.3 is 0 Å². The van der Waals surface area contributed by atoms with Gasteiger partial charge in [0.15, 0.2) is 0 Å². The Labute approximate surface area is 178 Å². The lowest BCUT2D eigenvalue weighted by Crippen LogP contribution is -2.55. The number of amides is 1. The molecule has 1 amide bonds. The zero-order chi connectivity index (χ0) is 20.6. The van der Waals surface area contributed by atoms with Crippen molar-refractivity contribution < 1.29 is 22.7 Å². The van der Waals surface area contributed by atoms with Crippen LogP contribution in [0.1, 0.15) is 23.2 Å². The smallest absolute Gasteiger partial charge is 0.257 e. The van der Waals surface area contributed by atoms with Crippen molar-refractivity contribution >= 4 is 38.9 Å². The molecule has 1 spiro atoms. The summed E-state index contributed by atoms with van der Waals surface area (Å²) in [5, 5.41) is 2.20. The van der Waals surface area contributed by atoms with Gasteiger partial charge < -0.3 is 14.4 Å². The molecular formula is C19H21ClN2O5S2. The zero-order valence-corrected chi connectivity index (χ0v) is 18.2. The minimum absolute atomic E-state index is 0.190. The number of carbonyl (C=O) groups excluding carboxylic acids is 1. The maximum Gasteiger partial charge on any atom is 0.257 e. The second-order valence-electron chi connectivity index (χ2n) is 6.94. The summed E-state index contributed by atoms with van der Waals surface area (Å²) in [6.45, 7) is 1.42. The number of benzene rings is 1. The highest BCUT2D eigenvalue weighted by Crippen LogP contribution is 2.39. The summed E-state index contributed by atoms with van der Waals surface area (Å²) in [5.41, 5.74) is -0.510. The predicted molar refractivity (Wildman–Crippen MR) is 110 cm³/mol. The van der Waals surface area contributed by atoms with Crippen molar-refractivity contribution in [1.82, 2.24) is 9.21 Å². The van der Waals surface area contributed by atoms with Gasteiger partial charge in [0.2, 0.25) is 0 Å². The van der Waals surface area contributed by atoms with E-state index in [1.807, 2.05) is 0 Å². The van der Waals surface area contributed by atoms with Crippen LogP contribution in [0.5, 0.6) is 5.75 Å². The van der Waals surface area contributed by atoms with Crippen LogP contribution in [-0.4, -0.2) is 62.6 Å². The third kappa shape index (κ3) is 3.66. The molecule has 2 saturated heterocycles. The highest BCUT2D eigenvalue weighted by atomic mass is 35.5. The van der Waals surface area contributed by atoms with E-state index in [9.17, 15) is 13.2 Å². The van der Waals surface area contributed by atoms with E-state index in [0.29, 0.717) is 59.6 Å². The number of carbonyl (C=O) groups is 1. The van der Waals surface area contributed by atoms with Gasteiger partial charge in [-0.15, -0.1) is 11.3 Å². The lowest BCUT2D eigenvalue weighted by molar-refractivity contribution is -0.0856. The molecule has 0 saturated carbocycles. The topological polar surface area (TPSA) is 76.2 Å². The number of nitrogens with zero attached hydrogens (tertiary/aromatic N) is 2. The Balaban J connectivity index is 1.53. The Morgan fingerprint density at radius 2 is 2.00 bits per heavy atom. The van der Waals surface area contributed by atoms with Crippen molar-refractivity contribution in [1.29, 1.82) is 0 Å². The lowest BCUT2D eigenvalue weighted by Gasteiger charge is -2.42. The summed E-state index contributed by atoms with van der Waals surface area (Å²) in [6, 6.07) is 8.25. The van der Waals surface area contributed by atoms with Crippen molar-refractivity contribution in [2.24, 2.45) is 0 Å². The minimum atomic E-state index is -3.62. The first-order valence-corrected chi connectivity index (χ1v) is 11.9. The molecule has 0 N–H and O–H groups in total. The Hall–Kier alpha value is -1.65. The van der Waals surface area contributed by atoms with E-state index in [0.717, 1.165) is 0 Å². The second kappa shape index (κ2) is 7.88. The zero-order valence-electron chi connectivity index (χ0n) is 15.8. The monoisotopic (exact) mass is 456 g/mol. The van der Waals surface area contributed by atoms with Gasteiger partial charge in [-0.1, -0.05) is 17.7 Å². The molecule has 2 aromatic rings. The summed E-state index contributed by atoms with van der Waals surface area (Å²) in [6.07, 6.45) is 0.818. The van der Waals surface area contributed by atoms with E-state index < -0.39 is 15.7 Å². The molecule has 29 heavy (non-hydrogen) atoms. The third-order valence-corrected chi connectivity index (χ3v) is 8.94. The van der Waals surface area contributed by atoms with E-state index in [4.69, 9.17) is 21.1 Å². The molecule has 4 rings (SSSR count). The van der Waals surface area contributed by atoms with Crippen LogP contribution in [0.15, 0.2) is 39.9 Å². The summed E-state index contributed by atoms with van der Waals surface area (Å²) in [5.74, 6) is 0.267. The SMILES string of the molecule is COc1ccc(Cl)cc1C(=O)N1CCC2(CC1)OCCN2S(=O)(=O)c1cccs1. The first-order valence-electron chi connectivity index (χ1n) is 9.20. The molecule has 156 valence electrons. The molecule has 0 unspecified atom stereocenters. The maximum atomic E-state index is 13.1. The highest BCUT2D eigenvalue weighted by Gasteiger charge is 2.51. The minimum Gasteiger partial charge on any atom is -0.496 e. The standard InChI is InChI=1S/C19H21ClN2O5S2/c1-26-16-5-4-14(20)13-15(16)18(23)21-8-6-19(7-9-21)22(10-11-27-19)29(24,25)17-3-2-12-28-17/h2-5,12-13H,6-11H2,1H3. The summed E-state index contributed by atoms with van der Waals surface area (Å²) >= 11 is 7.25. The van der Waals surface area contributed by atoms with Crippen LogP contribution in [0, 0.1) is 0 Å². The van der Waals surface area contributed by atoms with Crippen molar-refractivity contribution in [2.45, 2.75) is 22.8 Å². The normalized spacial score (nSPS) is 19.6. The van der Waals surface area contributed by atoms with Gasteiger partial charge in [-0.05, 0) is 29.6 Å². The van der Waals surface area contributed by atoms with Crippen LogP contribution < -0.4 is 4.74 Å². The highest BCUT2D eigenvalue weighted by molar-refractivity contribution is 7.91. The van der Waals surface area contributed by atoms with Crippen LogP contribution in [0.25, 0.3) is 0 Å². The van der Waals surface area contributed by atoms with E-state index in [1.54, 1.807) is 40.6 Å². The molecule has 2 aliphatic heterocycles. The predicted octanol–water partition coefficient (Wildman–Crippen LogP) is 3.06. The van der Waals surface area contributed by atoms with Crippen LogP contribution >= 0.6 is 22.9 Å². The second-order valence-corrected chi connectivity index (χ2v) is 10.4. The Bertz CT molecular complexity index is 1000. The number of sulfonamides is 1. The van der Waals surface area contributed by atoms with E-state index in [-0.39, 0.29) is 5.91 Å². The van der Waals surface area contributed by atoms with Gasteiger partial charge in [0.1, 0.15) is 15.7 Å². The van der Waals surface area contributed by atoms with Crippen LogP contribution in [0.3, 0.4) is 0 Å².